The van der Waals surface area contributed by atoms with E-state index in [0.29, 0.717) is 6.54 Å². The van der Waals surface area contributed by atoms with E-state index < -0.39 is 12.1 Å². The third-order valence-electron chi connectivity index (χ3n) is 8.06. The number of hydrogen-bond acceptors (Lipinski definition) is 7. The van der Waals surface area contributed by atoms with Crippen LogP contribution in [0.3, 0.4) is 0 Å². The topological polar surface area (TPSA) is 128 Å². The molecule has 2 unspecified atom stereocenters. The van der Waals surface area contributed by atoms with Crippen molar-refractivity contribution >= 4 is 12.0 Å². The number of H-pyrrole nitrogens is 2. The number of methoxy groups -OCH3 is 1. The van der Waals surface area contributed by atoms with Gasteiger partial charge in [0, 0.05) is 6.54 Å². The summed E-state index contributed by atoms with van der Waals surface area (Å²) in [7, 11) is 3.39. The molecule has 0 bridgehead atoms. The summed E-state index contributed by atoms with van der Waals surface area (Å²) in [4.78, 5) is 45.3. The lowest BCUT2D eigenvalue weighted by atomic mass is 10.0. The van der Waals surface area contributed by atoms with Crippen molar-refractivity contribution < 1.29 is 19.1 Å². The van der Waals surface area contributed by atoms with Gasteiger partial charge in [-0.25, -0.2) is 14.8 Å². The number of carbonyl (C=O) groups is 2. The van der Waals surface area contributed by atoms with E-state index in [1.165, 1.54) is 7.11 Å². The third-order valence-corrected chi connectivity index (χ3v) is 8.06. The number of carbonyl (C=O) groups excluding carboxylic acids is 2. The molecule has 5 rings (SSSR count). The highest BCUT2D eigenvalue weighted by atomic mass is 16.5. The molecule has 1 aliphatic heterocycles. The second kappa shape index (κ2) is 14.4. The van der Waals surface area contributed by atoms with Gasteiger partial charge in [-0.05, 0) is 98.4 Å². The van der Waals surface area contributed by atoms with Crippen LogP contribution in [-0.4, -0.2) is 75.0 Å². The van der Waals surface area contributed by atoms with E-state index >= 15 is 0 Å². The van der Waals surface area contributed by atoms with Crippen LogP contribution >= 0.6 is 0 Å². The predicted molar refractivity (Wildman–Crippen MR) is 173 cm³/mol. The summed E-state index contributed by atoms with van der Waals surface area (Å²) in [6.45, 7) is 8.41. The van der Waals surface area contributed by atoms with Gasteiger partial charge in [0.15, 0.2) is 0 Å². The van der Waals surface area contributed by atoms with Gasteiger partial charge in [0.2, 0.25) is 5.91 Å². The van der Waals surface area contributed by atoms with E-state index in [0.717, 1.165) is 78.0 Å². The maximum atomic E-state index is 13.4. The molecular formula is C34H43N7O4. The number of imidazole rings is 2. The van der Waals surface area contributed by atoms with Gasteiger partial charge in [0.25, 0.3) is 0 Å². The Kier molecular flexibility index (Phi) is 10.2. The number of aromatic amines is 2. The molecule has 0 aliphatic carbocycles. The third kappa shape index (κ3) is 7.72. The van der Waals surface area contributed by atoms with E-state index in [2.05, 4.69) is 44.1 Å². The van der Waals surface area contributed by atoms with Crippen molar-refractivity contribution in [1.29, 1.82) is 0 Å². The van der Waals surface area contributed by atoms with Gasteiger partial charge >= 0.3 is 6.09 Å². The molecule has 11 nitrogen and oxygen atoms in total. The number of nitrogens with one attached hydrogen (secondary N) is 3. The van der Waals surface area contributed by atoms with E-state index in [-0.39, 0.29) is 17.9 Å². The molecule has 1 aliphatic rings. The normalized spacial score (nSPS) is 15.4. The SMILES string of the molecule is CCCN(C)Cc1ncc(-c2ccc(Oc3ccc(-c4cnc(C5CCCN5C(=O)C(NC(=O)OC)C(C)C)[nH]4)cc3)cc2)[nH]1. The standard InChI is InChI=1S/C34H43N7O4/c1-6-17-40(4)21-30-35-19-27(37-30)23-9-13-25(14-10-23)45-26-15-11-24(12-16-26)28-20-36-32(38-28)29-8-7-18-41(29)33(42)31(22(2)3)39-34(43)44-5/h9-16,19-20,22,29,31H,6-8,17-18,21H2,1-5H3,(H,35,37)(H,36,38)(H,39,43). The van der Waals surface area contributed by atoms with Crippen molar-refractivity contribution in [2.75, 3.05) is 27.2 Å². The fourth-order valence-electron chi connectivity index (χ4n) is 5.69. The van der Waals surface area contributed by atoms with E-state index in [9.17, 15) is 9.59 Å². The number of rotatable bonds is 12. The van der Waals surface area contributed by atoms with Crippen LogP contribution in [0.5, 0.6) is 11.5 Å². The number of hydrogen-bond donors (Lipinski definition) is 3. The van der Waals surface area contributed by atoms with Crippen LogP contribution in [0.4, 0.5) is 4.79 Å². The molecule has 2 aromatic heterocycles. The summed E-state index contributed by atoms with van der Waals surface area (Å²) < 4.78 is 10.8. The summed E-state index contributed by atoms with van der Waals surface area (Å²) in [5, 5.41) is 2.69. The van der Waals surface area contributed by atoms with E-state index in [1.54, 1.807) is 6.20 Å². The van der Waals surface area contributed by atoms with Gasteiger partial charge in [-0.2, -0.15) is 0 Å². The number of amides is 2. The molecule has 3 heterocycles. The summed E-state index contributed by atoms with van der Waals surface area (Å²) in [5.41, 5.74) is 3.84. The number of likely N-dealkylation sites (tertiary alicyclic amines) is 1. The molecule has 2 aromatic carbocycles. The van der Waals surface area contributed by atoms with E-state index in [1.807, 2.05) is 73.5 Å². The first kappa shape index (κ1) is 31.8. The molecule has 0 saturated carbocycles. The Morgan fingerprint density at radius 1 is 1.00 bits per heavy atom. The van der Waals surface area contributed by atoms with Crippen LogP contribution in [0.2, 0.25) is 0 Å². The summed E-state index contributed by atoms with van der Waals surface area (Å²) in [6.07, 6.45) is 5.82. The largest absolute Gasteiger partial charge is 0.457 e. The molecule has 3 N–H and O–H groups in total. The summed E-state index contributed by atoms with van der Waals surface area (Å²) in [5.74, 6) is 2.93. The lowest BCUT2D eigenvalue weighted by molar-refractivity contribution is -0.135. The van der Waals surface area contributed by atoms with Gasteiger partial charge < -0.3 is 29.7 Å². The Morgan fingerprint density at radius 2 is 1.62 bits per heavy atom. The first-order valence-electron chi connectivity index (χ1n) is 15.6. The predicted octanol–water partition coefficient (Wildman–Crippen LogP) is 6.15. The molecule has 238 valence electrons. The average Bonchev–Trinajstić information content (AvgIpc) is 3.81. The fraction of sp³-hybridized carbons (Fsp3) is 0.412. The van der Waals surface area contributed by atoms with Gasteiger partial charge in [-0.15, -0.1) is 0 Å². The molecule has 1 fully saturated rings. The molecule has 2 amide bonds. The zero-order valence-corrected chi connectivity index (χ0v) is 26.7. The van der Waals surface area contributed by atoms with Crippen molar-refractivity contribution in [2.24, 2.45) is 5.92 Å². The minimum atomic E-state index is -0.669. The van der Waals surface area contributed by atoms with Gasteiger partial charge in [0.05, 0.1) is 43.5 Å². The van der Waals surface area contributed by atoms with Crippen LogP contribution in [0.15, 0.2) is 60.9 Å². The second-order valence-electron chi connectivity index (χ2n) is 11.9. The Bertz CT molecular complexity index is 1560. The van der Waals surface area contributed by atoms with Crippen molar-refractivity contribution in [3.63, 3.8) is 0 Å². The van der Waals surface area contributed by atoms with Crippen LogP contribution in [0, 0.1) is 5.92 Å². The summed E-state index contributed by atoms with van der Waals surface area (Å²) in [6, 6.07) is 14.9. The monoisotopic (exact) mass is 613 g/mol. The van der Waals surface area contributed by atoms with Crippen LogP contribution < -0.4 is 10.1 Å². The first-order valence-corrected chi connectivity index (χ1v) is 15.6. The Morgan fingerprint density at radius 3 is 2.22 bits per heavy atom. The summed E-state index contributed by atoms with van der Waals surface area (Å²) >= 11 is 0. The lowest BCUT2D eigenvalue weighted by Gasteiger charge is -2.30. The number of benzene rings is 2. The van der Waals surface area contributed by atoms with Crippen LogP contribution in [0.25, 0.3) is 22.5 Å². The Balaban J connectivity index is 1.20. The van der Waals surface area contributed by atoms with Crippen molar-refractivity contribution in [2.45, 2.75) is 58.7 Å². The minimum Gasteiger partial charge on any atom is -0.457 e. The van der Waals surface area contributed by atoms with Crippen molar-refractivity contribution in [3.8, 4) is 34.0 Å². The molecule has 1 saturated heterocycles. The van der Waals surface area contributed by atoms with Gasteiger partial charge in [-0.3, -0.25) is 9.69 Å². The van der Waals surface area contributed by atoms with Crippen molar-refractivity contribution in [3.05, 3.63) is 72.6 Å². The molecule has 0 radical (unpaired) electrons. The highest BCUT2D eigenvalue weighted by molar-refractivity contribution is 5.86. The number of alkyl carbamates (subject to hydrolysis) is 1. The zero-order chi connectivity index (χ0) is 31.9. The molecule has 11 heteroatoms. The van der Waals surface area contributed by atoms with Crippen LogP contribution in [0.1, 0.15) is 57.7 Å². The quantitative estimate of drug-likeness (QED) is 0.175. The Hall–Kier alpha value is -4.64. The van der Waals surface area contributed by atoms with Crippen molar-refractivity contribution in [1.82, 2.24) is 35.1 Å². The molecule has 45 heavy (non-hydrogen) atoms. The fourth-order valence-corrected chi connectivity index (χ4v) is 5.69. The lowest BCUT2D eigenvalue weighted by Crippen LogP contribution is -2.51. The molecular weight excluding hydrogens is 570 g/mol. The highest BCUT2D eigenvalue weighted by Gasteiger charge is 2.37. The number of aromatic nitrogens is 4. The van der Waals surface area contributed by atoms with Gasteiger partial charge in [-0.1, -0.05) is 20.8 Å². The Labute approximate surface area is 264 Å². The average molecular weight is 614 g/mol. The van der Waals surface area contributed by atoms with Gasteiger partial charge in [0.1, 0.15) is 29.2 Å². The minimum absolute atomic E-state index is 0.0872. The molecule has 2 atom stereocenters. The maximum Gasteiger partial charge on any atom is 0.407 e. The second-order valence-corrected chi connectivity index (χ2v) is 11.9. The molecule has 4 aromatic rings. The maximum absolute atomic E-state index is 13.4. The molecule has 0 spiro atoms. The number of ether oxygens (including phenoxy) is 2. The van der Waals surface area contributed by atoms with Crippen LogP contribution in [-0.2, 0) is 16.1 Å². The zero-order valence-electron chi connectivity index (χ0n) is 26.7. The number of nitrogens with zero attached hydrogens (tertiary/aromatic N) is 4. The smallest absolute Gasteiger partial charge is 0.407 e. The first-order chi connectivity index (χ1) is 21.7. The van der Waals surface area contributed by atoms with E-state index in [4.69, 9.17) is 9.47 Å². The highest BCUT2D eigenvalue weighted by Crippen LogP contribution is 2.33.